The van der Waals surface area contributed by atoms with Gasteiger partial charge in [0.1, 0.15) is 0 Å². The molecule has 1 aromatic rings. The van der Waals surface area contributed by atoms with Gasteiger partial charge >= 0.3 is 6.18 Å². The normalized spacial score (nSPS) is 17.6. The fraction of sp³-hybridized carbons (Fsp3) is 0.538. The number of rotatable bonds is 4. The monoisotopic (exact) mass is 277 g/mol. The number of nitrogens with one attached hydrogen (secondary N) is 1. The van der Waals surface area contributed by atoms with Gasteiger partial charge in [0.05, 0.1) is 10.6 Å². The second kappa shape index (κ2) is 5.00. The molecule has 1 atom stereocenters. The van der Waals surface area contributed by atoms with E-state index in [2.05, 4.69) is 5.32 Å². The molecule has 0 radical (unpaired) electrons. The summed E-state index contributed by atoms with van der Waals surface area (Å²) < 4.78 is 38.1. The maximum Gasteiger partial charge on any atom is 0.417 e. The third-order valence-electron chi connectivity index (χ3n) is 3.25. The second-order valence-corrected chi connectivity index (χ2v) is 5.10. The van der Waals surface area contributed by atoms with Crippen LogP contribution < -0.4 is 5.32 Å². The average Bonchev–Trinajstić information content (AvgIpc) is 3.10. The van der Waals surface area contributed by atoms with Crippen molar-refractivity contribution in [1.82, 2.24) is 0 Å². The Morgan fingerprint density at radius 3 is 2.56 bits per heavy atom. The molecule has 0 bridgehead atoms. The lowest BCUT2D eigenvalue weighted by Gasteiger charge is -2.19. The van der Waals surface area contributed by atoms with E-state index in [-0.39, 0.29) is 11.1 Å². The van der Waals surface area contributed by atoms with E-state index in [1.807, 2.05) is 6.92 Å². The minimum atomic E-state index is -4.41. The standard InChI is InChI=1S/C13H15ClF3N/c1-2-12(8-3-4-8)18-9-5-6-11(14)10(7-9)13(15,16)17/h5-8,12,18H,2-4H2,1H3. The zero-order chi connectivity index (χ0) is 13.3. The van der Waals surface area contributed by atoms with E-state index in [9.17, 15) is 13.2 Å². The molecular weight excluding hydrogens is 263 g/mol. The molecule has 100 valence electrons. The Kier molecular flexibility index (Phi) is 3.76. The maximum absolute atomic E-state index is 12.7. The lowest BCUT2D eigenvalue weighted by atomic mass is 10.1. The van der Waals surface area contributed by atoms with Gasteiger partial charge < -0.3 is 5.32 Å². The van der Waals surface area contributed by atoms with Crippen molar-refractivity contribution in [2.24, 2.45) is 5.92 Å². The predicted molar refractivity (Wildman–Crippen MR) is 66.9 cm³/mol. The van der Waals surface area contributed by atoms with Crippen molar-refractivity contribution in [3.8, 4) is 0 Å². The molecule has 1 aromatic carbocycles. The lowest BCUT2D eigenvalue weighted by molar-refractivity contribution is -0.137. The van der Waals surface area contributed by atoms with E-state index in [1.54, 1.807) is 6.07 Å². The van der Waals surface area contributed by atoms with Crippen molar-refractivity contribution in [1.29, 1.82) is 0 Å². The number of benzene rings is 1. The molecular formula is C13H15ClF3N. The van der Waals surface area contributed by atoms with Crippen LogP contribution in [0.1, 0.15) is 31.7 Å². The van der Waals surface area contributed by atoms with Crippen LogP contribution >= 0.6 is 11.6 Å². The number of alkyl halides is 3. The number of anilines is 1. The van der Waals surface area contributed by atoms with E-state index in [4.69, 9.17) is 11.6 Å². The predicted octanol–water partition coefficient (Wildman–Crippen LogP) is 4.96. The van der Waals surface area contributed by atoms with Crippen LogP contribution in [0.5, 0.6) is 0 Å². The zero-order valence-corrected chi connectivity index (χ0v) is 10.8. The van der Waals surface area contributed by atoms with Gasteiger partial charge in [0.2, 0.25) is 0 Å². The first-order valence-electron chi connectivity index (χ1n) is 6.05. The zero-order valence-electron chi connectivity index (χ0n) is 10.0. The SMILES string of the molecule is CCC(Nc1ccc(Cl)c(C(F)(F)F)c1)C1CC1. The molecule has 5 heteroatoms. The summed E-state index contributed by atoms with van der Waals surface area (Å²) in [5.74, 6) is 0.597. The molecule has 1 nitrogen and oxygen atoms in total. The Balaban J connectivity index is 2.18. The maximum atomic E-state index is 12.7. The van der Waals surface area contributed by atoms with E-state index < -0.39 is 11.7 Å². The van der Waals surface area contributed by atoms with Crippen LogP contribution in [0.4, 0.5) is 18.9 Å². The second-order valence-electron chi connectivity index (χ2n) is 4.69. The van der Waals surface area contributed by atoms with Crippen molar-refractivity contribution in [2.75, 3.05) is 5.32 Å². The highest BCUT2D eigenvalue weighted by Crippen LogP contribution is 2.38. The van der Waals surface area contributed by atoms with Crippen molar-refractivity contribution in [3.05, 3.63) is 28.8 Å². The molecule has 18 heavy (non-hydrogen) atoms. The van der Waals surface area contributed by atoms with E-state index in [0.29, 0.717) is 11.6 Å². The quantitative estimate of drug-likeness (QED) is 0.820. The molecule has 0 spiro atoms. The first kappa shape index (κ1) is 13.5. The minimum absolute atomic E-state index is 0.257. The van der Waals surface area contributed by atoms with Crippen molar-refractivity contribution in [3.63, 3.8) is 0 Å². The number of hydrogen-bond acceptors (Lipinski definition) is 1. The van der Waals surface area contributed by atoms with Crippen molar-refractivity contribution < 1.29 is 13.2 Å². The first-order chi connectivity index (χ1) is 8.41. The summed E-state index contributed by atoms with van der Waals surface area (Å²) in [7, 11) is 0. The Bertz CT molecular complexity index is 427. The Morgan fingerprint density at radius 2 is 2.06 bits per heavy atom. The molecule has 0 aromatic heterocycles. The molecule has 1 fully saturated rings. The third kappa shape index (κ3) is 3.10. The molecule has 2 rings (SSSR count). The summed E-state index contributed by atoms with van der Waals surface area (Å²) in [5, 5.41) is 2.91. The fourth-order valence-electron chi connectivity index (χ4n) is 2.10. The van der Waals surface area contributed by atoms with Gasteiger partial charge in [-0.05, 0) is 43.4 Å². The summed E-state index contributed by atoms with van der Waals surface area (Å²) in [5.41, 5.74) is -0.287. The van der Waals surface area contributed by atoms with E-state index >= 15 is 0 Å². The van der Waals surface area contributed by atoms with Crippen LogP contribution in [0.2, 0.25) is 5.02 Å². The van der Waals surface area contributed by atoms with Gasteiger partial charge in [-0.15, -0.1) is 0 Å². The average molecular weight is 278 g/mol. The first-order valence-corrected chi connectivity index (χ1v) is 6.43. The molecule has 1 aliphatic rings. The largest absolute Gasteiger partial charge is 0.417 e. The fourth-order valence-corrected chi connectivity index (χ4v) is 2.32. The molecule has 1 aliphatic carbocycles. The van der Waals surface area contributed by atoms with Crippen LogP contribution in [0.25, 0.3) is 0 Å². The Hall–Kier alpha value is -0.900. The van der Waals surface area contributed by atoms with Crippen molar-refractivity contribution in [2.45, 2.75) is 38.4 Å². The molecule has 0 amide bonds. The van der Waals surface area contributed by atoms with Crippen LogP contribution in [-0.2, 0) is 6.18 Å². The minimum Gasteiger partial charge on any atom is -0.382 e. The van der Waals surface area contributed by atoms with Crippen LogP contribution in [-0.4, -0.2) is 6.04 Å². The molecule has 0 saturated heterocycles. The summed E-state index contributed by atoms with van der Waals surface area (Å²) in [4.78, 5) is 0. The van der Waals surface area contributed by atoms with Gasteiger partial charge in [-0.25, -0.2) is 0 Å². The summed E-state index contributed by atoms with van der Waals surface area (Å²) >= 11 is 5.58. The molecule has 0 aliphatic heterocycles. The van der Waals surface area contributed by atoms with Crippen molar-refractivity contribution >= 4 is 17.3 Å². The third-order valence-corrected chi connectivity index (χ3v) is 3.58. The molecule has 0 heterocycles. The van der Waals surface area contributed by atoms with Gasteiger partial charge in [0.25, 0.3) is 0 Å². The highest BCUT2D eigenvalue weighted by atomic mass is 35.5. The molecule has 1 saturated carbocycles. The highest BCUT2D eigenvalue weighted by molar-refractivity contribution is 6.31. The number of halogens is 4. The van der Waals surface area contributed by atoms with Gasteiger partial charge in [-0.1, -0.05) is 18.5 Å². The summed E-state index contributed by atoms with van der Waals surface area (Å²) in [6.45, 7) is 2.04. The topological polar surface area (TPSA) is 12.0 Å². The number of hydrogen-bond donors (Lipinski definition) is 1. The van der Waals surface area contributed by atoms with E-state index in [1.165, 1.54) is 6.07 Å². The van der Waals surface area contributed by atoms with Crippen LogP contribution in [0, 0.1) is 5.92 Å². The summed E-state index contributed by atoms with van der Waals surface area (Å²) in [6.07, 6.45) is -1.18. The smallest absolute Gasteiger partial charge is 0.382 e. The van der Waals surface area contributed by atoms with Gasteiger partial charge in [-0.3, -0.25) is 0 Å². The molecule has 1 N–H and O–H groups in total. The molecule has 1 unspecified atom stereocenters. The van der Waals surface area contributed by atoms with Gasteiger partial charge in [-0.2, -0.15) is 13.2 Å². The Labute approximate surface area is 109 Å². The highest BCUT2D eigenvalue weighted by Gasteiger charge is 2.34. The van der Waals surface area contributed by atoms with Gasteiger partial charge in [0, 0.05) is 11.7 Å². The van der Waals surface area contributed by atoms with Crippen LogP contribution in [0.15, 0.2) is 18.2 Å². The van der Waals surface area contributed by atoms with E-state index in [0.717, 1.165) is 25.3 Å². The van der Waals surface area contributed by atoms with Gasteiger partial charge in [0.15, 0.2) is 0 Å². The van der Waals surface area contributed by atoms with Crippen LogP contribution in [0.3, 0.4) is 0 Å². The lowest BCUT2D eigenvalue weighted by Crippen LogP contribution is -2.21. The Morgan fingerprint density at radius 1 is 1.39 bits per heavy atom. The summed E-state index contributed by atoms with van der Waals surface area (Å²) in [6, 6.07) is 4.25.